The molecule has 1 aromatic carbocycles. The molecule has 0 saturated heterocycles. The number of nitrogens with one attached hydrogen (secondary N) is 2. The number of hydrogen-bond donors (Lipinski definition) is 6. The van der Waals surface area contributed by atoms with E-state index in [1.807, 2.05) is 55.4 Å². The lowest BCUT2D eigenvalue weighted by Crippen LogP contribution is -2.48. The van der Waals surface area contributed by atoms with Gasteiger partial charge in [-0.05, 0) is 48.6 Å². The van der Waals surface area contributed by atoms with Gasteiger partial charge < -0.3 is 30.1 Å². The highest BCUT2D eigenvalue weighted by atomic mass is 32.1. The second-order valence-electron chi connectivity index (χ2n) is 16.2. The van der Waals surface area contributed by atoms with Gasteiger partial charge in [0.15, 0.2) is 0 Å². The van der Waals surface area contributed by atoms with Crippen molar-refractivity contribution < 1.29 is 38.4 Å². The van der Waals surface area contributed by atoms with E-state index in [1.54, 1.807) is 9.80 Å². The van der Waals surface area contributed by atoms with Crippen molar-refractivity contribution in [2.75, 3.05) is 52.4 Å². The van der Waals surface area contributed by atoms with Gasteiger partial charge in [0.1, 0.15) is 26.7 Å². The molecule has 59 heavy (non-hydrogen) atoms. The Morgan fingerprint density at radius 2 is 0.983 bits per heavy atom. The molecule has 19 heteroatoms. The molecule has 0 aliphatic carbocycles. The van der Waals surface area contributed by atoms with Crippen LogP contribution >= 0.6 is 50.5 Å². The first-order valence-electron chi connectivity index (χ1n) is 20.1. The minimum absolute atomic E-state index is 0.0942. The minimum Gasteiger partial charge on any atom is -0.427 e. The van der Waals surface area contributed by atoms with Crippen LogP contribution in [-0.2, 0) is 28.8 Å². The van der Waals surface area contributed by atoms with Gasteiger partial charge in [-0.15, -0.1) is 0 Å². The minimum atomic E-state index is -1.02. The molecule has 15 nitrogen and oxygen atoms in total. The van der Waals surface area contributed by atoms with Crippen molar-refractivity contribution in [2.45, 2.75) is 102 Å². The van der Waals surface area contributed by atoms with Crippen molar-refractivity contribution in [1.82, 2.24) is 25.3 Å². The average molecular weight is 903 g/mol. The average Bonchev–Trinajstić information content (AvgIpc) is 3.16. The number of esters is 1. The number of benzene rings is 1. The number of rotatable bonds is 27. The largest absolute Gasteiger partial charge is 0.427 e. The molecule has 2 N–H and O–H groups in total. The number of carbonyl (C=O) groups excluding carboxylic acids is 6. The zero-order chi connectivity index (χ0) is 45.0. The summed E-state index contributed by atoms with van der Waals surface area (Å²) in [5, 5.41) is 12.5. The predicted octanol–water partition coefficient (Wildman–Crippen LogP) is 4.60. The van der Waals surface area contributed by atoms with E-state index in [9.17, 15) is 38.9 Å². The number of amides is 5. The third kappa shape index (κ3) is 20.8. The number of hydrogen-bond acceptors (Lipinski definition) is 13. The van der Waals surface area contributed by atoms with Crippen LogP contribution in [0.25, 0.3) is 0 Å². The molecule has 0 heterocycles. The van der Waals surface area contributed by atoms with Gasteiger partial charge in [-0.1, -0.05) is 55.4 Å². The van der Waals surface area contributed by atoms with Crippen LogP contribution in [0.15, 0.2) is 24.3 Å². The Labute approximate surface area is 372 Å². The van der Waals surface area contributed by atoms with Crippen molar-refractivity contribution in [3.05, 3.63) is 34.4 Å². The van der Waals surface area contributed by atoms with Gasteiger partial charge in [-0.25, -0.2) is 0 Å². The van der Waals surface area contributed by atoms with Gasteiger partial charge in [-0.2, -0.15) is 50.5 Å². The molecule has 5 amide bonds. The van der Waals surface area contributed by atoms with E-state index < -0.39 is 43.7 Å². The van der Waals surface area contributed by atoms with Gasteiger partial charge in [-0.3, -0.25) is 38.9 Å². The Morgan fingerprint density at radius 1 is 0.610 bits per heavy atom. The fourth-order valence-electron chi connectivity index (χ4n) is 5.92. The van der Waals surface area contributed by atoms with Crippen LogP contribution < -0.4 is 15.4 Å². The van der Waals surface area contributed by atoms with Crippen LogP contribution in [0, 0.1) is 33.8 Å². The zero-order valence-corrected chi connectivity index (χ0v) is 39.2. The van der Waals surface area contributed by atoms with E-state index in [4.69, 9.17) is 4.74 Å². The maximum Gasteiger partial charge on any atom is 0.311 e. The highest BCUT2D eigenvalue weighted by Gasteiger charge is 2.33. The highest BCUT2D eigenvalue weighted by molar-refractivity contribution is 7.86. The Morgan fingerprint density at radius 3 is 1.32 bits per heavy atom. The van der Waals surface area contributed by atoms with Crippen LogP contribution in [0.1, 0.15) is 81.1 Å². The first-order valence-corrected chi connectivity index (χ1v) is 22.2. The van der Waals surface area contributed by atoms with Crippen molar-refractivity contribution >= 4 is 91.7 Å². The number of non-ortho nitro benzene ring substituents is 1. The van der Waals surface area contributed by atoms with Crippen molar-refractivity contribution in [3.63, 3.8) is 0 Å². The second kappa shape index (κ2) is 27.6. The third-order valence-electron chi connectivity index (χ3n) is 8.59. The summed E-state index contributed by atoms with van der Waals surface area (Å²) in [6.45, 7) is 18.8. The van der Waals surface area contributed by atoms with Gasteiger partial charge >= 0.3 is 5.97 Å². The highest BCUT2D eigenvalue weighted by Crippen LogP contribution is 2.19. The molecule has 1 aromatic rings. The predicted molar refractivity (Wildman–Crippen MR) is 243 cm³/mol. The fourth-order valence-corrected chi connectivity index (χ4v) is 6.96. The molecule has 0 bridgehead atoms. The second-order valence-corrected chi connectivity index (χ2v) is 18.5. The summed E-state index contributed by atoms with van der Waals surface area (Å²) in [7, 11) is 0. The molecule has 0 aliphatic heterocycles. The zero-order valence-electron chi connectivity index (χ0n) is 35.7. The summed E-state index contributed by atoms with van der Waals surface area (Å²) in [5.41, 5.74) is -0.166. The number of thiol groups is 4. The van der Waals surface area contributed by atoms with Gasteiger partial charge in [0.2, 0.25) is 29.5 Å². The van der Waals surface area contributed by atoms with Crippen LogP contribution in [-0.4, -0.2) is 128 Å². The monoisotopic (exact) mass is 902 g/mol. The number of nitro groups is 1. The molecule has 334 valence electrons. The molecule has 0 aromatic heterocycles. The quantitative estimate of drug-likeness (QED) is 0.0183. The first-order chi connectivity index (χ1) is 27.5. The fraction of sp³-hybridized carbons (Fsp3) is 0.700. The third-order valence-corrected chi connectivity index (χ3v) is 11.2. The topological polar surface area (TPSA) is 189 Å². The maximum absolute atomic E-state index is 13.4. The van der Waals surface area contributed by atoms with Crippen molar-refractivity contribution in [1.29, 1.82) is 0 Å². The van der Waals surface area contributed by atoms with E-state index in [1.165, 1.54) is 29.2 Å². The van der Waals surface area contributed by atoms with E-state index in [2.05, 4.69) is 61.1 Å². The number of ether oxygens (including phenoxy) is 1. The first kappa shape index (κ1) is 53.9. The van der Waals surface area contributed by atoms with Crippen LogP contribution in [0.3, 0.4) is 0 Å². The molecule has 4 unspecified atom stereocenters. The summed E-state index contributed by atoms with van der Waals surface area (Å²) in [6, 6.07) is 4.97. The lowest BCUT2D eigenvalue weighted by molar-refractivity contribution is -0.384. The number of nitrogens with zero attached hydrogens (tertiary/aromatic N) is 4. The van der Waals surface area contributed by atoms with E-state index >= 15 is 0 Å². The van der Waals surface area contributed by atoms with Gasteiger partial charge in [0.05, 0.1) is 11.3 Å². The van der Waals surface area contributed by atoms with Crippen LogP contribution in [0.2, 0.25) is 0 Å². The summed E-state index contributed by atoms with van der Waals surface area (Å²) in [5.74, 6) is -1.61. The summed E-state index contributed by atoms with van der Waals surface area (Å²) in [6.07, 6.45) is 0.163. The van der Waals surface area contributed by atoms with Gasteiger partial charge in [0, 0.05) is 70.9 Å². The SMILES string of the molecule is CC(C)CN(CC(C)C)C(=O)C(S)C(S)C(=O)NCCCN(CCCNC(=O)C(S)C(S)C(=O)N(CC(C)C)CC(C)C)C(=O)CCC(=O)Oc1ccc([N+](=O)[O-])cc1. The molecule has 0 aliphatic rings. The lowest BCUT2D eigenvalue weighted by Gasteiger charge is -2.30. The smallest absolute Gasteiger partial charge is 0.311 e. The molecule has 4 atom stereocenters. The molecule has 0 saturated carbocycles. The molecule has 1 rings (SSSR count). The Bertz CT molecular complexity index is 1450. The standard InChI is InChI=1S/C40H66N6O9S4/c1-25(2)21-44(22-26(3)4)39(51)35(58)33(56)37(49)41-17-9-19-43(31(47)15-16-32(48)55-30-13-11-29(12-14-30)46(53)54)20-10-18-42-38(50)34(57)36(59)40(52)45(23-27(5)6)24-28(7)8/h11-14,25-28,33-36,56-59H,9-10,15-24H2,1-8H3,(H,41,49)(H,42,50). The summed E-state index contributed by atoms with van der Waals surface area (Å²) < 4.78 is 5.24. The van der Waals surface area contributed by atoms with Crippen molar-refractivity contribution in [3.8, 4) is 5.75 Å². The molecular formula is C40H66N6O9S4. The Hall–Kier alpha value is -3.16. The molecule has 0 fully saturated rings. The van der Waals surface area contributed by atoms with Crippen molar-refractivity contribution in [2.24, 2.45) is 23.7 Å². The molecular weight excluding hydrogens is 837 g/mol. The lowest BCUT2D eigenvalue weighted by atomic mass is 10.1. The Balaban J connectivity index is 2.90. The van der Waals surface area contributed by atoms with Crippen LogP contribution in [0.4, 0.5) is 5.69 Å². The number of carbonyl (C=O) groups is 6. The summed E-state index contributed by atoms with van der Waals surface area (Å²) >= 11 is 17.7. The summed E-state index contributed by atoms with van der Waals surface area (Å²) in [4.78, 5) is 93.7. The van der Waals surface area contributed by atoms with E-state index in [0.717, 1.165) is 0 Å². The van der Waals surface area contributed by atoms with Gasteiger partial charge in [0.25, 0.3) is 5.69 Å². The maximum atomic E-state index is 13.4. The van der Waals surface area contributed by atoms with E-state index in [0.29, 0.717) is 39.0 Å². The molecule has 0 spiro atoms. The van der Waals surface area contributed by atoms with E-state index in [-0.39, 0.29) is 91.9 Å². The number of nitro benzene ring substituents is 1. The Kier molecular flexibility index (Phi) is 25.2. The van der Waals surface area contributed by atoms with Crippen LogP contribution in [0.5, 0.6) is 5.75 Å². The molecule has 0 radical (unpaired) electrons. The normalized spacial score (nSPS) is 13.4.